The molecule has 0 aliphatic carbocycles. The predicted molar refractivity (Wildman–Crippen MR) is 75.3 cm³/mol. The van der Waals surface area contributed by atoms with Gasteiger partial charge in [-0.15, -0.1) is 5.10 Å². The van der Waals surface area contributed by atoms with E-state index in [9.17, 15) is 4.79 Å². The van der Waals surface area contributed by atoms with E-state index in [2.05, 4.69) is 24.2 Å². The van der Waals surface area contributed by atoms with Crippen LogP contribution in [0.1, 0.15) is 30.8 Å². The Labute approximate surface area is 117 Å². The fraction of sp³-hybridized carbons (Fsp3) is 0.357. The fourth-order valence-corrected chi connectivity index (χ4v) is 2.07. The third-order valence-corrected chi connectivity index (χ3v) is 3.12. The van der Waals surface area contributed by atoms with Crippen LogP contribution >= 0.6 is 11.6 Å². The van der Waals surface area contributed by atoms with Crippen molar-refractivity contribution in [2.24, 2.45) is 5.92 Å². The minimum atomic E-state index is 0.353. The Hall–Kier alpha value is -1.68. The van der Waals surface area contributed by atoms with Crippen LogP contribution in [0.25, 0.3) is 11.3 Å². The van der Waals surface area contributed by atoms with Gasteiger partial charge in [0.2, 0.25) is 0 Å². The van der Waals surface area contributed by atoms with Gasteiger partial charge in [-0.1, -0.05) is 42.8 Å². The van der Waals surface area contributed by atoms with E-state index in [0.29, 0.717) is 16.6 Å². The molecule has 0 bridgehead atoms. The van der Waals surface area contributed by atoms with E-state index in [1.54, 1.807) is 10.7 Å². The van der Waals surface area contributed by atoms with Gasteiger partial charge in [-0.25, -0.2) is 4.68 Å². The van der Waals surface area contributed by atoms with Gasteiger partial charge in [0.1, 0.15) is 0 Å². The van der Waals surface area contributed by atoms with E-state index in [4.69, 9.17) is 11.6 Å². The van der Waals surface area contributed by atoms with Crippen LogP contribution in [0, 0.1) is 5.92 Å². The standard InChI is InChI=1S/C14H16ClN3O/c1-10(2)6-7-18-14(13(9-19)16-17-18)11-4-3-5-12(15)8-11/h3-5,8-10H,6-7H2,1-2H3. The van der Waals surface area contributed by atoms with E-state index in [0.717, 1.165) is 30.5 Å². The molecule has 5 heteroatoms. The zero-order valence-electron chi connectivity index (χ0n) is 11.0. The second-order valence-electron chi connectivity index (χ2n) is 4.86. The zero-order chi connectivity index (χ0) is 13.8. The second kappa shape index (κ2) is 5.97. The monoisotopic (exact) mass is 277 g/mol. The molecular weight excluding hydrogens is 262 g/mol. The molecule has 0 unspecified atom stereocenters. The van der Waals surface area contributed by atoms with Crippen molar-refractivity contribution in [1.29, 1.82) is 0 Å². The number of benzene rings is 1. The van der Waals surface area contributed by atoms with Gasteiger partial charge >= 0.3 is 0 Å². The van der Waals surface area contributed by atoms with Crippen molar-refractivity contribution in [3.8, 4) is 11.3 Å². The number of aromatic nitrogens is 3. The molecule has 2 rings (SSSR count). The molecule has 0 aliphatic heterocycles. The van der Waals surface area contributed by atoms with Gasteiger partial charge in [-0.05, 0) is 24.5 Å². The number of carbonyl (C=O) groups is 1. The summed E-state index contributed by atoms with van der Waals surface area (Å²) in [5.41, 5.74) is 1.95. The number of aldehydes is 1. The predicted octanol–water partition coefficient (Wildman–Crippen LogP) is 3.46. The van der Waals surface area contributed by atoms with Crippen molar-refractivity contribution >= 4 is 17.9 Å². The van der Waals surface area contributed by atoms with E-state index in [1.807, 2.05) is 18.2 Å². The maximum absolute atomic E-state index is 11.1. The molecule has 0 spiro atoms. The molecule has 1 heterocycles. The molecule has 0 saturated carbocycles. The van der Waals surface area contributed by atoms with Crippen molar-refractivity contribution in [3.63, 3.8) is 0 Å². The van der Waals surface area contributed by atoms with Crippen molar-refractivity contribution in [1.82, 2.24) is 15.0 Å². The first-order valence-electron chi connectivity index (χ1n) is 6.26. The number of nitrogens with zero attached hydrogens (tertiary/aromatic N) is 3. The zero-order valence-corrected chi connectivity index (χ0v) is 11.8. The van der Waals surface area contributed by atoms with E-state index < -0.39 is 0 Å². The van der Waals surface area contributed by atoms with Crippen LogP contribution in [0.15, 0.2) is 24.3 Å². The van der Waals surface area contributed by atoms with E-state index in [-0.39, 0.29) is 0 Å². The van der Waals surface area contributed by atoms with Crippen molar-refractivity contribution < 1.29 is 4.79 Å². The highest BCUT2D eigenvalue weighted by Gasteiger charge is 2.14. The van der Waals surface area contributed by atoms with E-state index in [1.165, 1.54) is 0 Å². The Morgan fingerprint density at radius 3 is 2.84 bits per heavy atom. The van der Waals surface area contributed by atoms with Gasteiger partial charge in [0.05, 0.1) is 5.69 Å². The van der Waals surface area contributed by atoms with Gasteiger partial charge in [0.25, 0.3) is 0 Å². The van der Waals surface area contributed by atoms with E-state index >= 15 is 0 Å². The summed E-state index contributed by atoms with van der Waals surface area (Å²) in [6.45, 7) is 5.04. The van der Waals surface area contributed by atoms with Gasteiger partial charge in [-0.3, -0.25) is 4.79 Å². The summed E-state index contributed by atoms with van der Waals surface area (Å²) in [6, 6.07) is 7.38. The normalized spacial score (nSPS) is 10.9. The van der Waals surface area contributed by atoms with Crippen LogP contribution in [-0.4, -0.2) is 21.3 Å². The maximum atomic E-state index is 11.1. The Balaban J connectivity index is 2.41. The highest BCUT2D eigenvalue weighted by Crippen LogP contribution is 2.24. The fourth-order valence-electron chi connectivity index (χ4n) is 1.88. The number of rotatable bonds is 5. The molecule has 0 fully saturated rings. The SMILES string of the molecule is CC(C)CCn1nnc(C=O)c1-c1cccc(Cl)c1. The summed E-state index contributed by atoms with van der Waals surface area (Å²) in [5, 5.41) is 8.61. The lowest BCUT2D eigenvalue weighted by Crippen LogP contribution is -2.05. The number of aryl methyl sites for hydroxylation is 1. The average Bonchev–Trinajstić information content (AvgIpc) is 2.79. The van der Waals surface area contributed by atoms with Crippen LogP contribution in [-0.2, 0) is 6.54 Å². The molecule has 100 valence electrons. The maximum Gasteiger partial charge on any atom is 0.172 e. The molecule has 2 aromatic rings. The molecule has 0 N–H and O–H groups in total. The van der Waals surface area contributed by atoms with Crippen molar-refractivity contribution in [2.75, 3.05) is 0 Å². The molecule has 0 radical (unpaired) electrons. The molecule has 0 saturated heterocycles. The number of halogens is 1. The first-order chi connectivity index (χ1) is 9.11. The number of hydrogen-bond acceptors (Lipinski definition) is 3. The summed E-state index contributed by atoms with van der Waals surface area (Å²) >= 11 is 6.00. The van der Waals surface area contributed by atoms with Gasteiger partial charge in [0, 0.05) is 17.1 Å². The van der Waals surface area contributed by atoms with Crippen LogP contribution in [0.5, 0.6) is 0 Å². The minimum absolute atomic E-state index is 0.353. The smallest absolute Gasteiger partial charge is 0.172 e. The molecule has 0 atom stereocenters. The topological polar surface area (TPSA) is 47.8 Å². The molecule has 4 nitrogen and oxygen atoms in total. The largest absolute Gasteiger partial charge is 0.296 e. The van der Waals surface area contributed by atoms with Gasteiger partial charge < -0.3 is 0 Å². The Morgan fingerprint density at radius 1 is 1.42 bits per heavy atom. The first-order valence-corrected chi connectivity index (χ1v) is 6.64. The first kappa shape index (κ1) is 13.7. The Morgan fingerprint density at radius 2 is 2.21 bits per heavy atom. The molecular formula is C14H16ClN3O. The third-order valence-electron chi connectivity index (χ3n) is 2.89. The summed E-state index contributed by atoms with van der Waals surface area (Å²) in [6.07, 6.45) is 1.71. The van der Waals surface area contributed by atoms with Crippen molar-refractivity contribution in [3.05, 3.63) is 35.0 Å². The minimum Gasteiger partial charge on any atom is -0.296 e. The molecule has 0 aliphatic rings. The lowest BCUT2D eigenvalue weighted by atomic mass is 10.1. The third kappa shape index (κ3) is 3.20. The molecule has 19 heavy (non-hydrogen) atoms. The van der Waals surface area contributed by atoms with Crippen LogP contribution in [0.2, 0.25) is 5.02 Å². The second-order valence-corrected chi connectivity index (χ2v) is 5.29. The summed E-state index contributed by atoms with van der Waals surface area (Å²) < 4.78 is 1.77. The number of carbonyl (C=O) groups excluding carboxylic acids is 1. The van der Waals surface area contributed by atoms with Crippen LogP contribution in [0.4, 0.5) is 0 Å². The van der Waals surface area contributed by atoms with Gasteiger partial charge in [0.15, 0.2) is 12.0 Å². The highest BCUT2D eigenvalue weighted by atomic mass is 35.5. The van der Waals surface area contributed by atoms with Crippen LogP contribution in [0.3, 0.4) is 0 Å². The lowest BCUT2D eigenvalue weighted by Gasteiger charge is -2.09. The Kier molecular flexibility index (Phi) is 4.32. The molecule has 1 aromatic heterocycles. The average molecular weight is 278 g/mol. The summed E-state index contributed by atoms with van der Waals surface area (Å²) in [5.74, 6) is 0.566. The quantitative estimate of drug-likeness (QED) is 0.787. The van der Waals surface area contributed by atoms with Crippen molar-refractivity contribution in [2.45, 2.75) is 26.8 Å². The molecule has 1 aromatic carbocycles. The highest BCUT2D eigenvalue weighted by molar-refractivity contribution is 6.30. The summed E-state index contributed by atoms with van der Waals surface area (Å²) in [7, 11) is 0. The van der Waals surface area contributed by atoms with Gasteiger partial charge in [-0.2, -0.15) is 0 Å². The number of hydrogen-bond donors (Lipinski definition) is 0. The molecule has 0 amide bonds. The lowest BCUT2D eigenvalue weighted by molar-refractivity contribution is 0.111. The summed E-state index contributed by atoms with van der Waals surface area (Å²) in [4.78, 5) is 11.1. The van der Waals surface area contributed by atoms with Crippen LogP contribution < -0.4 is 0 Å². The Bertz CT molecular complexity index is 578.